The second-order valence-corrected chi connectivity index (χ2v) is 12.9. The van der Waals surface area contributed by atoms with Crippen LogP contribution in [0, 0.1) is 5.92 Å². The molecule has 13 heteroatoms. The number of ether oxygens (including phenoxy) is 1. The Bertz CT molecular complexity index is 1740. The van der Waals surface area contributed by atoms with Gasteiger partial charge in [0.15, 0.2) is 0 Å². The molecular formula is C28H35N7O5S. The maximum Gasteiger partial charge on any atom is 0.323 e. The smallest absolute Gasteiger partial charge is 0.323 e. The first-order chi connectivity index (χ1) is 19.8. The summed E-state index contributed by atoms with van der Waals surface area (Å²) < 4.78 is 35.7. The van der Waals surface area contributed by atoms with E-state index in [2.05, 4.69) is 20.6 Å². The zero-order valence-electron chi connectivity index (χ0n) is 23.0. The molecule has 2 aromatic carbocycles. The van der Waals surface area contributed by atoms with Crippen molar-refractivity contribution in [2.24, 2.45) is 11.7 Å². The predicted octanol–water partition coefficient (Wildman–Crippen LogP) is 1.60. The maximum absolute atomic E-state index is 13.8. The number of nitrogens with zero attached hydrogens (tertiary/aromatic N) is 4. The van der Waals surface area contributed by atoms with Crippen LogP contribution >= 0.6 is 0 Å². The lowest BCUT2D eigenvalue weighted by atomic mass is 9.94. The molecule has 0 bridgehead atoms. The number of nitrogens with one attached hydrogen (secondary N) is 2. The van der Waals surface area contributed by atoms with Gasteiger partial charge in [-0.1, -0.05) is 12.1 Å². The molecule has 3 atom stereocenters. The molecular weight excluding hydrogens is 546 g/mol. The standard InChI is InChI=1S/C28H35N7O5S/c1-40-13-5-12-35-25-8-3-2-7-23(25)30-26(35)18-6-4-11-33(15-18)27(36)20-16-34(17-21(20)29)41(38,39)19-9-10-22-24(14-19)32-28(37)31-22/h2-3,7-10,14,18,20-21H,4-6,11-13,15-17,29H2,1H3,(H2,31,32,37)/t18-,20-,21-/m1/s1. The number of amides is 1. The van der Waals surface area contributed by atoms with Crippen molar-refractivity contribution in [2.45, 2.75) is 42.7 Å². The number of likely N-dealkylation sites (tertiary alicyclic amines) is 1. The number of methoxy groups -OCH3 is 1. The first-order valence-electron chi connectivity index (χ1n) is 14.0. The molecule has 218 valence electrons. The van der Waals surface area contributed by atoms with Crippen molar-refractivity contribution in [3.05, 3.63) is 58.8 Å². The van der Waals surface area contributed by atoms with Gasteiger partial charge in [0.25, 0.3) is 0 Å². The minimum atomic E-state index is -3.91. The van der Waals surface area contributed by atoms with Gasteiger partial charge in [-0.3, -0.25) is 4.79 Å². The van der Waals surface area contributed by atoms with Crippen LogP contribution in [-0.4, -0.2) is 89.0 Å². The van der Waals surface area contributed by atoms with Gasteiger partial charge in [0, 0.05) is 58.4 Å². The van der Waals surface area contributed by atoms with E-state index < -0.39 is 27.7 Å². The Labute approximate surface area is 237 Å². The fourth-order valence-electron chi connectivity index (χ4n) is 6.20. The Morgan fingerprint density at radius 3 is 2.76 bits per heavy atom. The summed E-state index contributed by atoms with van der Waals surface area (Å²) in [5.41, 5.74) is 8.92. The minimum absolute atomic E-state index is 0.0146. The fraction of sp³-hybridized carbons (Fsp3) is 0.464. The van der Waals surface area contributed by atoms with Crippen molar-refractivity contribution in [2.75, 3.05) is 39.9 Å². The number of hydrogen-bond donors (Lipinski definition) is 3. The molecule has 2 saturated heterocycles. The van der Waals surface area contributed by atoms with Crippen LogP contribution in [0.3, 0.4) is 0 Å². The lowest BCUT2D eigenvalue weighted by Crippen LogP contribution is -2.47. The average molecular weight is 582 g/mol. The molecule has 2 aliphatic rings. The third kappa shape index (κ3) is 5.18. The molecule has 4 aromatic rings. The van der Waals surface area contributed by atoms with E-state index in [9.17, 15) is 18.0 Å². The first-order valence-corrected chi connectivity index (χ1v) is 15.4. The monoisotopic (exact) mass is 581 g/mol. The molecule has 0 aliphatic carbocycles. The van der Waals surface area contributed by atoms with E-state index in [1.165, 1.54) is 16.4 Å². The topological polar surface area (TPSA) is 159 Å². The summed E-state index contributed by atoms with van der Waals surface area (Å²) in [6.45, 7) is 2.61. The number of fused-ring (bicyclic) bond motifs is 2. The first kappa shape index (κ1) is 27.6. The number of sulfonamides is 1. The van der Waals surface area contributed by atoms with E-state index in [1.807, 2.05) is 23.1 Å². The summed E-state index contributed by atoms with van der Waals surface area (Å²) in [6, 6.07) is 11.9. The molecule has 2 fully saturated rings. The summed E-state index contributed by atoms with van der Waals surface area (Å²) in [7, 11) is -2.22. The van der Waals surface area contributed by atoms with Gasteiger partial charge in [-0.2, -0.15) is 4.31 Å². The van der Waals surface area contributed by atoms with Gasteiger partial charge in [0.1, 0.15) is 5.82 Å². The molecule has 1 amide bonds. The number of carbonyl (C=O) groups excluding carboxylic acids is 1. The number of hydrogen-bond acceptors (Lipinski definition) is 7. The van der Waals surface area contributed by atoms with Crippen molar-refractivity contribution >= 4 is 38.0 Å². The molecule has 4 N–H and O–H groups in total. The van der Waals surface area contributed by atoms with Crippen molar-refractivity contribution in [3.8, 4) is 0 Å². The van der Waals surface area contributed by atoms with E-state index in [0.29, 0.717) is 30.7 Å². The molecule has 0 saturated carbocycles. The molecule has 6 rings (SSSR count). The molecule has 0 spiro atoms. The van der Waals surface area contributed by atoms with Crippen LogP contribution in [0.5, 0.6) is 0 Å². The number of para-hydroxylation sites is 2. The largest absolute Gasteiger partial charge is 0.385 e. The number of H-pyrrole nitrogens is 2. The van der Waals surface area contributed by atoms with E-state index in [-0.39, 0.29) is 29.8 Å². The Morgan fingerprint density at radius 1 is 1.12 bits per heavy atom. The Hall–Kier alpha value is -3.52. The predicted molar refractivity (Wildman–Crippen MR) is 154 cm³/mol. The van der Waals surface area contributed by atoms with Crippen LogP contribution in [-0.2, 0) is 26.1 Å². The van der Waals surface area contributed by atoms with Crippen molar-refractivity contribution < 1.29 is 17.9 Å². The van der Waals surface area contributed by atoms with E-state index in [1.54, 1.807) is 13.2 Å². The highest BCUT2D eigenvalue weighted by molar-refractivity contribution is 7.89. The van der Waals surface area contributed by atoms with Crippen LogP contribution in [0.25, 0.3) is 22.1 Å². The highest BCUT2D eigenvalue weighted by atomic mass is 32.2. The third-order valence-electron chi connectivity index (χ3n) is 8.29. The average Bonchev–Trinajstić information content (AvgIpc) is 3.66. The number of benzene rings is 2. The van der Waals surface area contributed by atoms with Crippen molar-refractivity contribution in [3.63, 3.8) is 0 Å². The number of aromatic amines is 2. The Balaban J connectivity index is 1.19. The normalized spacial score (nSPS) is 22.2. The lowest BCUT2D eigenvalue weighted by Gasteiger charge is -2.35. The van der Waals surface area contributed by atoms with E-state index in [0.717, 1.165) is 42.7 Å². The quantitative estimate of drug-likeness (QED) is 0.267. The summed E-state index contributed by atoms with van der Waals surface area (Å²) in [5.74, 6) is 0.278. The third-order valence-corrected chi connectivity index (χ3v) is 10.1. The number of aromatic nitrogens is 4. The zero-order chi connectivity index (χ0) is 28.7. The van der Waals surface area contributed by atoms with Crippen LogP contribution in [0.15, 0.2) is 52.2 Å². The van der Waals surface area contributed by atoms with Crippen LogP contribution in [0.1, 0.15) is 31.0 Å². The highest BCUT2D eigenvalue weighted by Crippen LogP contribution is 2.32. The van der Waals surface area contributed by atoms with E-state index >= 15 is 0 Å². The number of carbonyl (C=O) groups is 1. The minimum Gasteiger partial charge on any atom is -0.385 e. The number of imidazole rings is 2. The summed E-state index contributed by atoms with van der Waals surface area (Å²) >= 11 is 0. The Morgan fingerprint density at radius 2 is 1.93 bits per heavy atom. The molecule has 0 radical (unpaired) electrons. The number of nitrogens with two attached hydrogens (primary N) is 1. The molecule has 2 aromatic heterocycles. The van der Waals surface area contributed by atoms with E-state index in [4.69, 9.17) is 15.5 Å². The fourth-order valence-corrected chi connectivity index (χ4v) is 7.73. The van der Waals surface area contributed by atoms with Crippen molar-refractivity contribution in [1.82, 2.24) is 28.7 Å². The van der Waals surface area contributed by atoms with Gasteiger partial charge in [-0.15, -0.1) is 0 Å². The molecule has 0 unspecified atom stereocenters. The van der Waals surface area contributed by atoms with Gasteiger partial charge in [-0.05, 0) is 49.6 Å². The SMILES string of the molecule is COCCCn1c([C@@H]2CCCN(C(=O)[C@@H]3CN(S(=O)(=O)c4ccc5[nH]c(=O)[nH]c5c4)C[C@H]3N)C2)nc2ccccc21. The molecule has 2 aliphatic heterocycles. The number of piperidine rings is 1. The summed E-state index contributed by atoms with van der Waals surface area (Å²) in [6.07, 6.45) is 2.60. The van der Waals surface area contributed by atoms with Crippen LogP contribution < -0.4 is 11.4 Å². The van der Waals surface area contributed by atoms with Gasteiger partial charge in [-0.25, -0.2) is 18.2 Å². The van der Waals surface area contributed by atoms with Crippen LogP contribution in [0.4, 0.5) is 0 Å². The van der Waals surface area contributed by atoms with Gasteiger partial charge in [0.05, 0.1) is 32.9 Å². The van der Waals surface area contributed by atoms with Gasteiger partial charge < -0.3 is 29.9 Å². The maximum atomic E-state index is 13.8. The second kappa shape index (κ2) is 11.0. The lowest BCUT2D eigenvalue weighted by molar-refractivity contribution is -0.136. The highest BCUT2D eigenvalue weighted by Gasteiger charge is 2.43. The second-order valence-electron chi connectivity index (χ2n) is 11.0. The summed E-state index contributed by atoms with van der Waals surface area (Å²) in [4.78, 5) is 37.4. The zero-order valence-corrected chi connectivity index (χ0v) is 23.8. The number of rotatable bonds is 8. The molecule has 4 heterocycles. The van der Waals surface area contributed by atoms with Crippen LogP contribution in [0.2, 0.25) is 0 Å². The molecule has 41 heavy (non-hydrogen) atoms. The summed E-state index contributed by atoms with van der Waals surface area (Å²) in [5, 5.41) is 0. The van der Waals surface area contributed by atoms with Gasteiger partial charge >= 0.3 is 5.69 Å². The number of aryl methyl sites for hydroxylation is 1. The Kier molecular flexibility index (Phi) is 7.45. The van der Waals surface area contributed by atoms with Crippen molar-refractivity contribution in [1.29, 1.82) is 0 Å². The van der Waals surface area contributed by atoms with Gasteiger partial charge in [0.2, 0.25) is 15.9 Å². The molecule has 12 nitrogen and oxygen atoms in total.